The number of pyridine rings is 2. The smallest absolute Gasteiger partial charge is 0.354 e. The first-order chi connectivity index (χ1) is 9.72. The molecule has 0 unspecified atom stereocenters. The maximum Gasteiger partial charge on any atom is 0.354 e. The number of nitrogens with zero attached hydrogens (tertiary/aromatic N) is 2. The normalized spacial score (nSPS) is 10.6. The van der Waals surface area contributed by atoms with Crippen LogP contribution in [0.3, 0.4) is 0 Å². The van der Waals surface area contributed by atoms with Crippen molar-refractivity contribution in [3.05, 3.63) is 60.4 Å². The Morgan fingerprint density at radius 3 is 2.80 bits per heavy atom. The van der Waals surface area contributed by atoms with Gasteiger partial charge in [-0.05, 0) is 24.3 Å². The van der Waals surface area contributed by atoms with Gasteiger partial charge in [0.1, 0.15) is 10.7 Å². The van der Waals surface area contributed by atoms with E-state index in [4.69, 9.17) is 5.11 Å². The lowest BCUT2D eigenvalue weighted by atomic mass is 10.2. The minimum Gasteiger partial charge on any atom is -0.477 e. The molecule has 0 spiro atoms. The highest BCUT2D eigenvalue weighted by Gasteiger charge is 2.07. The third kappa shape index (κ3) is 2.62. The molecule has 2 heterocycles. The van der Waals surface area contributed by atoms with Crippen molar-refractivity contribution in [2.24, 2.45) is 0 Å². The molecule has 0 bridgehead atoms. The van der Waals surface area contributed by atoms with Crippen LogP contribution in [-0.4, -0.2) is 21.0 Å². The van der Waals surface area contributed by atoms with E-state index >= 15 is 0 Å². The Kier molecular flexibility index (Phi) is 3.35. The highest BCUT2D eigenvalue weighted by Crippen LogP contribution is 2.27. The number of hydrogen-bond acceptors (Lipinski definition) is 4. The van der Waals surface area contributed by atoms with Crippen LogP contribution in [0.25, 0.3) is 10.9 Å². The number of hydrogen-bond donors (Lipinski definition) is 1. The van der Waals surface area contributed by atoms with Gasteiger partial charge >= 0.3 is 5.97 Å². The zero-order valence-corrected chi connectivity index (χ0v) is 11.2. The Morgan fingerprint density at radius 2 is 1.95 bits per heavy atom. The first kappa shape index (κ1) is 12.6. The SMILES string of the molecule is O=C(O)c1cc(Sc2ccc3ccccc3n2)ccn1. The van der Waals surface area contributed by atoms with Gasteiger partial charge in [-0.15, -0.1) is 0 Å². The first-order valence-corrected chi connectivity index (χ1v) is 6.77. The summed E-state index contributed by atoms with van der Waals surface area (Å²) in [6, 6.07) is 15.1. The van der Waals surface area contributed by atoms with Crippen molar-refractivity contribution in [3.63, 3.8) is 0 Å². The molecular formula is C15H10N2O2S. The quantitative estimate of drug-likeness (QED) is 0.796. The Hall–Kier alpha value is -2.40. The van der Waals surface area contributed by atoms with Crippen molar-refractivity contribution in [2.75, 3.05) is 0 Å². The van der Waals surface area contributed by atoms with E-state index in [2.05, 4.69) is 9.97 Å². The van der Waals surface area contributed by atoms with Crippen LogP contribution in [0.1, 0.15) is 10.5 Å². The molecule has 0 saturated carbocycles. The topological polar surface area (TPSA) is 63.1 Å². The van der Waals surface area contributed by atoms with Crippen molar-refractivity contribution >= 4 is 28.6 Å². The third-order valence-electron chi connectivity index (χ3n) is 2.75. The van der Waals surface area contributed by atoms with Gasteiger partial charge in [0, 0.05) is 16.5 Å². The van der Waals surface area contributed by atoms with Crippen molar-refractivity contribution in [3.8, 4) is 0 Å². The van der Waals surface area contributed by atoms with Crippen LogP contribution in [-0.2, 0) is 0 Å². The van der Waals surface area contributed by atoms with Gasteiger partial charge in [0.25, 0.3) is 0 Å². The lowest BCUT2D eigenvalue weighted by molar-refractivity contribution is 0.0690. The van der Waals surface area contributed by atoms with Crippen LogP contribution in [0, 0.1) is 0 Å². The number of carboxylic acid groups (broad SMARTS) is 1. The monoisotopic (exact) mass is 282 g/mol. The number of benzene rings is 1. The average molecular weight is 282 g/mol. The summed E-state index contributed by atoms with van der Waals surface area (Å²) in [7, 11) is 0. The fourth-order valence-electron chi connectivity index (χ4n) is 1.82. The molecule has 1 N–H and O–H groups in total. The van der Waals surface area contributed by atoms with E-state index in [0.717, 1.165) is 20.8 Å². The summed E-state index contributed by atoms with van der Waals surface area (Å²) in [6.45, 7) is 0. The molecule has 4 nitrogen and oxygen atoms in total. The van der Waals surface area contributed by atoms with Crippen LogP contribution in [0.5, 0.6) is 0 Å². The molecule has 5 heteroatoms. The van der Waals surface area contributed by atoms with Crippen LogP contribution in [0.2, 0.25) is 0 Å². The largest absolute Gasteiger partial charge is 0.477 e. The van der Waals surface area contributed by atoms with Crippen molar-refractivity contribution in [1.29, 1.82) is 0 Å². The number of aromatic nitrogens is 2. The predicted molar refractivity (Wildman–Crippen MR) is 77.1 cm³/mol. The number of rotatable bonds is 3. The summed E-state index contributed by atoms with van der Waals surface area (Å²) in [6.07, 6.45) is 1.49. The Morgan fingerprint density at radius 1 is 1.10 bits per heavy atom. The molecule has 20 heavy (non-hydrogen) atoms. The molecule has 2 aromatic heterocycles. The number of para-hydroxylation sites is 1. The van der Waals surface area contributed by atoms with Gasteiger partial charge in [0.2, 0.25) is 0 Å². The molecule has 3 rings (SSSR count). The molecule has 0 amide bonds. The molecule has 3 aromatic rings. The van der Waals surface area contributed by atoms with Crippen molar-refractivity contribution in [2.45, 2.75) is 9.92 Å². The van der Waals surface area contributed by atoms with E-state index in [-0.39, 0.29) is 5.69 Å². The number of carboxylic acids is 1. The maximum atomic E-state index is 10.9. The summed E-state index contributed by atoms with van der Waals surface area (Å²) in [5, 5.41) is 10.8. The molecule has 0 aliphatic carbocycles. The van der Waals surface area contributed by atoms with Gasteiger partial charge in [0.05, 0.1) is 5.52 Å². The van der Waals surface area contributed by atoms with E-state index in [1.165, 1.54) is 18.0 Å². The van der Waals surface area contributed by atoms with Crippen LogP contribution in [0.4, 0.5) is 0 Å². The summed E-state index contributed by atoms with van der Waals surface area (Å²) in [5.74, 6) is -1.03. The minimum absolute atomic E-state index is 0.0378. The zero-order chi connectivity index (χ0) is 13.9. The van der Waals surface area contributed by atoms with E-state index in [0.29, 0.717) is 0 Å². The maximum absolute atomic E-state index is 10.9. The predicted octanol–water partition coefficient (Wildman–Crippen LogP) is 3.48. The summed E-state index contributed by atoms with van der Waals surface area (Å²) < 4.78 is 0. The van der Waals surface area contributed by atoms with Crippen LogP contribution in [0.15, 0.2) is 64.6 Å². The van der Waals surface area contributed by atoms with Gasteiger partial charge in [-0.25, -0.2) is 14.8 Å². The number of aromatic carboxylic acids is 1. The van der Waals surface area contributed by atoms with Gasteiger partial charge in [-0.2, -0.15) is 0 Å². The zero-order valence-electron chi connectivity index (χ0n) is 10.4. The molecule has 0 atom stereocenters. The molecule has 0 saturated heterocycles. The number of fused-ring (bicyclic) bond motifs is 1. The fourth-order valence-corrected chi connectivity index (χ4v) is 2.64. The second-order valence-corrected chi connectivity index (χ2v) is 5.22. The molecule has 1 aromatic carbocycles. The second kappa shape index (κ2) is 5.30. The van der Waals surface area contributed by atoms with E-state index in [1.807, 2.05) is 36.4 Å². The summed E-state index contributed by atoms with van der Waals surface area (Å²) in [4.78, 5) is 20.0. The molecule has 0 fully saturated rings. The standard InChI is InChI=1S/C15H10N2O2S/c18-15(19)13-9-11(7-8-16-13)20-14-6-5-10-3-1-2-4-12(10)17-14/h1-9H,(H,18,19). The molecule has 0 aliphatic heterocycles. The Bertz CT molecular complexity index is 789. The van der Waals surface area contributed by atoms with Crippen molar-refractivity contribution < 1.29 is 9.90 Å². The van der Waals surface area contributed by atoms with Gasteiger partial charge in [0.15, 0.2) is 0 Å². The van der Waals surface area contributed by atoms with E-state index in [1.54, 1.807) is 12.1 Å². The highest BCUT2D eigenvalue weighted by atomic mass is 32.2. The van der Waals surface area contributed by atoms with Crippen LogP contribution < -0.4 is 0 Å². The van der Waals surface area contributed by atoms with Gasteiger partial charge in [-0.1, -0.05) is 36.0 Å². The van der Waals surface area contributed by atoms with Gasteiger partial charge < -0.3 is 5.11 Å². The summed E-state index contributed by atoms with van der Waals surface area (Å²) >= 11 is 1.42. The Balaban J connectivity index is 1.92. The fraction of sp³-hybridized carbons (Fsp3) is 0. The lowest BCUT2D eigenvalue weighted by Crippen LogP contribution is -1.99. The minimum atomic E-state index is -1.03. The van der Waals surface area contributed by atoms with Crippen LogP contribution >= 0.6 is 11.8 Å². The van der Waals surface area contributed by atoms with Gasteiger partial charge in [-0.3, -0.25) is 0 Å². The Labute approximate surface area is 119 Å². The molecular weight excluding hydrogens is 272 g/mol. The first-order valence-electron chi connectivity index (χ1n) is 5.95. The molecule has 98 valence electrons. The average Bonchev–Trinajstić information content (AvgIpc) is 2.47. The van der Waals surface area contributed by atoms with E-state index < -0.39 is 5.97 Å². The summed E-state index contributed by atoms with van der Waals surface area (Å²) in [5.41, 5.74) is 0.959. The molecule has 0 radical (unpaired) electrons. The number of carbonyl (C=O) groups is 1. The third-order valence-corrected chi connectivity index (χ3v) is 3.67. The van der Waals surface area contributed by atoms with E-state index in [9.17, 15) is 4.79 Å². The lowest BCUT2D eigenvalue weighted by Gasteiger charge is -2.03. The highest BCUT2D eigenvalue weighted by molar-refractivity contribution is 7.99. The van der Waals surface area contributed by atoms with Crippen molar-refractivity contribution in [1.82, 2.24) is 9.97 Å². The second-order valence-electron chi connectivity index (χ2n) is 4.13. The molecule has 0 aliphatic rings.